The minimum Gasteiger partial charge on any atom is -0.408 e. The highest BCUT2D eigenvalue weighted by atomic mass is 16.4. The molecule has 21 heavy (non-hydrogen) atoms. The SMILES string of the molecule is CC1(C)CC(Nc2ccc3oc(=O)[nH]c3c2)CC(C)(C)C1. The van der Waals surface area contributed by atoms with E-state index in [1.54, 1.807) is 0 Å². The van der Waals surface area contributed by atoms with E-state index in [9.17, 15) is 4.79 Å². The molecule has 0 bridgehead atoms. The summed E-state index contributed by atoms with van der Waals surface area (Å²) in [6, 6.07) is 6.23. The summed E-state index contributed by atoms with van der Waals surface area (Å²) in [4.78, 5) is 13.9. The van der Waals surface area contributed by atoms with Crippen molar-refractivity contribution in [1.29, 1.82) is 0 Å². The van der Waals surface area contributed by atoms with Crippen LogP contribution in [0.25, 0.3) is 11.1 Å². The molecule has 0 amide bonds. The van der Waals surface area contributed by atoms with Gasteiger partial charge in [0.2, 0.25) is 0 Å². The number of aromatic nitrogens is 1. The molecule has 1 aromatic heterocycles. The van der Waals surface area contributed by atoms with Gasteiger partial charge in [0, 0.05) is 11.7 Å². The van der Waals surface area contributed by atoms with Crippen molar-refractivity contribution in [2.24, 2.45) is 10.8 Å². The molecule has 0 aliphatic heterocycles. The molecule has 0 atom stereocenters. The maximum atomic E-state index is 11.2. The zero-order valence-electron chi connectivity index (χ0n) is 13.2. The topological polar surface area (TPSA) is 58.0 Å². The van der Waals surface area contributed by atoms with Crippen molar-refractivity contribution >= 4 is 16.8 Å². The van der Waals surface area contributed by atoms with Crippen LogP contribution < -0.4 is 11.1 Å². The van der Waals surface area contributed by atoms with Crippen molar-refractivity contribution in [1.82, 2.24) is 4.98 Å². The van der Waals surface area contributed by atoms with Crippen LogP contribution in [0, 0.1) is 10.8 Å². The van der Waals surface area contributed by atoms with Crippen LogP contribution in [0.5, 0.6) is 0 Å². The highest BCUT2D eigenvalue weighted by Gasteiger charge is 2.38. The Bertz CT molecular complexity index is 693. The molecule has 114 valence electrons. The highest BCUT2D eigenvalue weighted by Crippen LogP contribution is 2.46. The summed E-state index contributed by atoms with van der Waals surface area (Å²) in [5, 5.41) is 3.63. The Morgan fingerprint density at radius 2 is 1.86 bits per heavy atom. The van der Waals surface area contributed by atoms with Crippen molar-refractivity contribution < 1.29 is 4.42 Å². The number of anilines is 1. The second-order valence-corrected chi connectivity index (χ2v) is 7.98. The van der Waals surface area contributed by atoms with E-state index in [2.05, 4.69) is 38.0 Å². The quantitative estimate of drug-likeness (QED) is 0.873. The summed E-state index contributed by atoms with van der Waals surface area (Å²) in [5.74, 6) is -0.401. The lowest BCUT2D eigenvalue weighted by Crippen LogP contribution is -2.40. The monoisotopic (exact) mass is 288 g/mol. The average molecular weight is 288 g/mol. The molecule has 4 heteroatoms. The normalized spacial score (nSPS) is 21.5. The Morgan fingerprint density at radius 1 is 1.19 bits per heavy atom. The number of aromatic amines is 1. The van der Waals surface area contributed by atoms with Crippen molar-refractivity contribution in [3.8, 4) is 0 Å². The molecule has 2 aromatic rings. The van der Waals surface area contributed by atoms with Crippen LogP contribution in [0.2, 0.25) is 0 Å². The predicted molar refractivity (Wildman–Crippen MR) is 85.7 cm³/mol. The Morgan fingerprint density at radius 3 is 2.52 bits per heavy atom. The van der Waals surface area contributed by atoms with E-state index in [4.69, 9.17) is 4.42 Å². The zero-order valence-corrected chi connectivity index (χ0v) is 13.2. The van der Waals surface area contributed by atoms with Crippen LogP contribution in [0.15, 0.2) is 27.4 Å². The maximum Gasteiger partial charge on any atom is 0.417 e. The van der Waals surface area contributed by atoms with Crippen molar-refractivity contribution in [3.05, 3.63) is 28.7 Å². The largest absolute Gasteiger partial charge is 0.417 e. The van der Waals surface area contributed by atoms with Crippen LogP contribution >= 0.6 is 0 Å². The van der Waals surface area contributed by atoms with E-state index in [1.165, 1.54) is 6.42 Å². The van der Waals surface area contributed by atoms with Gasteiger partial charge in [-0.2, -0.15) is 0 Å². The van der Waals surface area contributed by atoms with Gasteiger partial charge in [-0.05, 0) is 48.3 Å². The molecule has 0 radical (unpaired) electrons. The van der Waals surface area contributed by atoms with Gasteiger partial charge in [0.15, 0.2) is 5.58 Å². The molecule has 1 fully saturated rings. The number of fused-ring (bicyclic) bond motifs is 1. The maximum absolute atomic E-state index is 11.2. The van der Waals surface area contributed by atoms with Gasteiger partial charge in [0.05, 0.1) is 5.52 Å². The lowest BCUT2D eigenvalue weighted by atomic mass is 9.63. The fourth-order valence-corrected chi connectivity index (χ4v) is 4.23. The summed E-state index contributed by atoms with van der Waals surface area (Å²) in [7, 11) is 0. The Balaban J connectivity index is 1.82. The van der Waals surface area contributed by atoms with Gasteiger partial charge in [-0.1, -0.05) is 27.7 Å². The Kier molecular flexibility index (Phi) is 3.15. The average Bonchev–Trinajstić information content (AvgIpc) is 2.63. The fraction of sp³-hybridized carbons (Fsp3) is 0.588. The summed E-state index contributed by atoms with van der Waals surface area (Å²) in [6.07, 6.45) is 3.58. The van der Waals surface area contributed by atoms with Crippen LogP contribution in [0.3, 0.4) is 0 Å². The summed E-state index contributed by atoms with van der Waals surface area (Å²) in [6.45, 7) is 9.39. The molecule has 3 rings (SSSR count). The zero-order chi connectivity index (χ0) is 15.3. The van der Waals surface area contributed by atoms with E-state index in [0.29, 0.717) is 22.5 Å². The Labute approximate surface area is 124 Å². The van der Waals surface area contributed by atoms with Gasteiger partial charge in [-0.3, -0.25) is 4.98 Å². The molecule has 0 saturated heterocycles. The molecule has 1 saturated carbocycles. The molecule has 1 aliphatic rings. The first-order chi connectivity index (χ1) is 9.72. The van der Waals surface area contributed by atoms with E-state index in [-0.39, 0.29) is 0 Å². The number of benzene rings is 1. The molecule has 1 heterocycles. The second-order valence-electron chi connectivity index (χ2n) is 7.98. The molecule has 2 N–H and O–H groups in total. The summed E-state index contributed by atoms with van der Waals surface area (Å²) in [5.41, 5.74) is 3.10. The van der Waals surface area contributed by atoms with Gasteiger partial charge in [-0.25, -0.2) is 4.79 Å². The standard InChI is InChI=1S/C17H24N2O2/c1-16(2)8-12(9-17(3,4)10-16)18-11-5-6-14-13(7-11)19-15(20)21-14/h5-7,12,18H,8-10H2,1-4H3,(H,19,20). The third-order valence-corrected chi connectivity index (χ3v) is 4.34. The van der Waals surface area contributed by atoms with Crippen molar-refractivity contribution in [3.63, 3.8) is 0 Å². The second kappa shape index (κ2) is 4.65. The molecule has 0 unspecified atom stereocenters. The van der Waals surface area contributed by atoms with Gasteiger partial charge >= 0.3 is 5.76 Å². The van der Waals surface area contributed by atoms with E-state index < -0.39 is 5.76 Å². The molecular formula is C17H24N2O2. The number of rotatable bonds is 2. The first-order valence-corrected chi connectivity index (χ1v) is 7.62. The minimum atomic E-state index is -0.401. The number of hydrogen-bond acceptors (Lipinski definition) is 3. The molecular weight excluding hydrogens is 264 g/mol. The van der Waals surface area contributed by atoms with Crippen molar-refractivity contribution in [2.75, 3.05) is 5.32 Å². The van der Waals surface area contributed by atoms with Crippen LogP contribution in [-0.4, -0.2) is 11.0 Å². The van der Waals surface area contributed by atoms with Gasteiger partial charge < -0.3 is 9.73 Å². The third-order valence-electron chi connectivity index (χ3n) is 4.34. The molecule has 0 spiro atoms. The van der Waals surface area contributed by atoms with Gasteiger partial charge in [0.25, 0.3) is 0 Å². The van der Waals surface area contributed by atoms with Crippen LogP contribution in [-0.2, 0) is 0 Å². The van der Waals surface area contributed by atoms with E-state index >= 15 is 0 Å². The first kappa shape index (κ1) is 14.2. The van der Waals surface area contributed by atoms with E-state index in [1.807, 2.05) is 18.2 Å². The van der Waals surface area contributed by atoms with E-state index in [0.717, 1.165) is 24.0 Å². The fourth-order valence-electron chi connectivity index (χ4n) is 4.23. The predicted octanol–water partition coefficient (Wildman–Crippen LogP) is 4.14. The minimum absolute atomic E-state index is 0.355. The number of nitrogens with one attached hydrogen (secondary N) is 2. The lowest BCUT2D eigenvalue weighted by molar-refractivity contribution is 0.105. The number of oxazole rings is 1. The summed E-state index contributed by atoms with van der Waals surface area (Å²) >= 11 is 0. The van der Waals surface area contributed by atoms with Crippen molar-refractivity contribution in [2.45, 2.75) is 53.0 Å². The Hall–Kier alpha value is -1.71. The highest BCUT2D eigenvalue weighted by molar-refractivity contribution is 5.76. The molecule has 1 aromatic carbocycles. The summed E-state index contributed by atoms with van der Waals surface area (Å²) < 4.78 is 5.04. The third kappa shape index (κ3) is 3.14. The smallest absolute Gasteiger partial charge is 0.408 e. The van der Waals surface area contributed by atoms with Crippen LogP contribution in [0.4, 0.5) is 5.69 Å². The molecule has 1 aliphatic carbocycles. The van der Waals surface area contributed by atoms with Crippen LogP contribution in [0.1, 0.15) is 47.0 Å². The van der Waals surface area contributed by atoms with Gasteiger partial charge in [0.1, 0.15) is 0 Å². The first-order valence-electron chi connectivity index (χ1n) is 7.62. The molecule has 4 nitrogen and oxygen atoms in total. The number of H-pyrrole nitrogens is 1. The lowest BCUT2D eigenvalue weighted by Gasteiger charge is -2.45. The number of hydrogen-bond donors (Lipinski definition) is 2. The van der Waals surface area contributed by atoms with Gasteiger partial charge in [-0.15, -0.1) is 0 Å².